The van der Waals surface area contributed by atoms with Gasteiger partial charge in [-0.2, -0.15) is 0 Å². The maximum absolute atomic E-state index is 12.9. The molecule has 6 nitrogen and oxygen atoms in total. The molecule has 25 heavy (non-hydrogen) atoms. The standard InChI is InChI=1S/C19H22N4O2/c1-25-17-10-20-19(21-11-17)23-9-7-16(13-23)18(24)22-8-6-14-4-2-3-5-15(14)12-22/h2-5,10-11,16H,6-9,12-13H2,1H3. The Morgan fingerprint density at radius 2 is 1.92 bits per heavy atom. The van der Waals surface area contributed by atoms with Gasteiger partial charge in [-0.15, -0.1) is 0 Å². The maximum atomic E-state index is 12.9. The average molecular weight is 338 g/mol. The first-order chi connectivity index (χ1) is 12.2. The predicted molar refractivity (Wildman–Crippen MR) is 94.5 cm³/mol. The van der Waals surface area contributed by atoms with Crippen LogP contribution < -0.4 is 9.64 Å². The smallest absolute Gasteiger partial charge is 0.227 e. The highest BCUT2D eigenvalue weighted by atomic mass is 16.5. The lowest BCUT2D eigenvalue weighted by Gasteiger charge is -2.31. The van der Waals surface area contributed by atoms with Crippen LogP contribution >= 0.6 is 0 Å². The number of methoxy groups -OCH3 is 1. The first-order valence-corrected chi connectivity index (χ1v) is 8.71. The molecule has 0 spiro atoms. The number of aromatic nitrogens is 2. The number of nitrogens with zero attached hydrogens (tertiary/aromatic N) is 4. The monoisotopic (exact) mass is 338 g/mol. The number of amides is 1. The van der Waals surface area contributed by atoms with Crippen molar-refractivity contribution in [2.24, 2.45) is 5.92 Å². The van der Waals surface area contributed by atoms with E-state index in [1.165, 1.54) is 11.1 Å². The fraction of sp³-hybridized carbons (Fsp3) is 0.421. The fourth-order valence-corrected chi connectivity index (χ4v) is 3.66. The van der Waals surface area contributed by atoms with Gasteiger partial charge < -0.3 is 14.5 Å². The fourth-order valence-electron chi connectivity index (χ4n) is 3.66. The minimum atomic E-state index is 0.0240. The van der Waals surface area contributed by atoms with E-state index in [0.29, 0.717) is 18.2 Å². The van der Waals surface area contributed by atoms with E-state index < -0.39 is 0 Å². The Bertz CT molecular complexity index is 762. The lowest BCUT2D eigenvalue weighted by molar-refractivity contribution is -0.135. The Kier molecular flexibility index (Phi) is 4.26. The summed E-state index contributed by atoms with van der Waals surface area (Å²) in [6, 6.07) is 8.40. The van der Waals surface area contributed by atoms with Gasteiger partial charge in [0.05, 0.1) is 25.4 Å². The molecule has 130 valence electrons. The molecule has 1 unspecified atom stereocenters. The zero-order chi connectivity index (χ0) is 17.2. The minimum Gasteiger partial charge on any atom is -0.494 e. The molecule has 1 aromatic heterocycles. The largest absolute Gasteiger partial charge is 0.494 e. The van der Waals surface area contributed by atoms with Gasteiger partial charge >= 0.3 is 0 Å². The van der Waals surface area contributed by atoms with Crippen molar-refractivity contribution in [3.63, 3.8) is 0 Å². The number of rotatable bonds is 3. The van der Waals surface area contributed by atoms with Gasteiger partial charge in [-0.3, -0.25) is 4.79 Å². The Labute approximate surface area is 147 Å². The van der Waals surface area contributed by atoms with E-state index in [0.717, 1.165) is 32.5 Å². The van der Waals surface area contributed by atoms with Crippen LogP contribution in [0, 0.1) is 5.92 Å². The first kappa shape index (κ1) is 15.9. The van der Waals surface area contributed by atoms with Gasteiger partial charge in [-0.05, 0) is 24.0 Å². The van der Waals surface area contributed by atoms with Gasteiger partial charge in [0, 0.05) is 26.2 Å². The number of carbonyl (C=O) groups is 1. The average Bonchev–Trinajstić information content (AvgIpc) is 3.17. The summed E-state index contributed by atoms with van der Waals surface area (Å²) in [6.07, 6.45) is 5.13. The number of benzene rings is 1. The number of hydrogen-bond acceptors (Lipinski definition) is 5. The van der Waals surface area contributed by atoms with Gasteiger partial charge in [-0.25, -0.2) is 9.97 Å². The van der Waals surface area contributed by atoms with E-state index in [4.69, 9.17) is 4.74 Å². The van der Waals surface area contributed by atoms with Crippen LogP contribution in [-0.2, 0) is 17.8 Å². The molecule has 1 aromatic carbocycles. The SMILES string of the molecule is COc1cnc(N2CCC(C(=O)N3CCc4ccccc4C3)C2)nc1. The van der Waals surface area contributed by atoms with Gasteiger partial charge in [0.15, 0.2) is 5.75 Å². The van der Waals surface area contributed by atoms with E-state index in [1.54, 1.807) is 19.5 Å². The first-order valence-electron chi connectivity index (χ1n) is 8.71. The van der Waals surface area contributed by atoms with Crippen LogP contribution in [0.2, 0.25) is 0 Å². The maximum Gasteiger partial charge on any atom is 0.227 e. The summed E-state index contributed by atoms with van der Waals surface area (Å²) >= 11 is 0. The molecule has 1 fully saturated rings. The number of fused-ring (bicyclic) bond motifs is 1. The molecule has 3 heterocycles. The molecule has 0 aliphatic carbocycles. The molecule has 6 heteroatoms. The Morgan fingerprint density at radius 1 is 1.16 bits per heavy atom. The third kappa shape index (κ3) is 3.16. The predicted octanol–water partition coefficient (Wildman–Crippen LogP) is 1.90. The molecule has 0 N–H and O–H groups in total. The molecule has 2 aliphatic rings. The van der Waals surface area contributed by atoms with Crippen LogP contribution in [-0.4, -0.2) is 47.5 Å². The van der Waals surface area contributed by atoms with E-state index in [2.05, 4.69) is 33.1 Å². The summed E-state index contributed by atoms with van der Waals surface area (Å²) < 4.78 is 5.09. The summed E-state index contributed by atoms with van der Waals surface area (Å²) in [5.41, 5.74) is 2.64. The zero-order valence-electron chi connectivity index (χ0n) is 14.4. The topological polar surface area (TPSA) is 58.6 Å². The highest BCUT2D eigenvalue weighted by Crippen LogP contribution is 2.26. The third-order valence-corrected chi connectivity index (χ3v) is 5.11. The number of ether oxygens (including phenoxy) is 1. The van der Waals surface area contributed by atoms with E-state index in [1.807, 2.05) is 11.0 Å². The van der Waals surface area contributed by atoms with Crippen LogP contribution in [0.3, 0.4) is 0 Å². The van der Waals surface area contributed by atoms with Crippen LogP contribution in [0.5, 0.6) is 5.75 Å². The van der Waals surface area contributed by atoms with Crippen LogP contribution in [0.15, 0.2) is 36.7 Å². The Hall–Kier alpha value is -2.63. The molecule has 1 saturated heterocycles. The van der Waals surface area contributed by atoms with Gasteiger partial charge in [0.1, 0.15) is 0 Å². The molecule has 0 saturated carbocycles. The summed E-state index contributed by atoms with van der Waals surface area (Å²) in [4.78, 5) is 25.7. The highest BCUT2D eigenvalue weighted by molar-refractivity contribution is 5.80. The van der Waals surface area contributed by atoms with Crippen LogP contribution in [0.25, 0.3) is 0 Å². The Morgan fingerprint density at radius 3 is 2.68 bits per heavy atom. The molecule has 1 amide bonds. The second-order valence-electron chi connectivity index (χ2n) is 6.63. The van der Waals surface area contributed by atoms with Crippen molar-refractivity contribution >= 4 is 11.9 Å². The molecule has 0 bridgehead atoms. The zero-order valence-corrected chi connectivity index (χ0v) is 14.4. The lowest BCUT2D eigenvalue weighted by Crippen LogP contribution is -2.40. The van der Waals surface area contributed by atoms with E-state index in [9.17, 15) is 4.79 Å². The van der Waals surface area contributed by atoms with E-state index in [-0.39, 0.29) is 11.8 Å². The highest BCUT2D eigenvalue weighted by Gasteiger charge is 2.33. The second-order valence-corrected chi connectivity index (χ2v) is 6.63. The molecular weight excluding hydrogens is 316 g/mol. The molecule has 0 radical (unpaired) electrons. The van der Waals surface area contributed by atoms with Crippen molar-refractivity contribution < 1.29 is 9.53 Å². The third-order valence-electron chi connectivity index (χ3n) is 5.11. The summed E-state index contributed by atoms with van der Waals surface area (Å²) in [6.45, 7) is 3.03. The summed E-state index contributed by atoms with van der Waals surface area (Å²) in [5, 5.41) is 0. The van der Waals surface area contributed by atoms with Gasteiger partial charge in [0.25, 0.3) is 0 Å². The number of anilines is 1. The van der Waals surface area contributed by atoms with Crippen molar-refractivity contribution in [3.05, 3.63) is 47.8 Å². The second kappa shape index (κ2) is 6.70. The van der Waals surface area contributed by atoms with Crippen molar-refractivity contribution in [2.75, 3.05) is 31.6 Å². The molecule has 1 atom stereocenters. The number of hydrogen-bond donors (Lipinski definition) is 0. The van der Waals surface area contributed by atoms with Crippen molar-refractivity contribution in [2.45, 2.75) is 19.4 Å². The normalized spacial score (nSPS) is 19.6. The van der Waals surface area contributed by atoms with Crippen molar-refractivity contribution in [1.82, 2.24) is 14.9 Å². The summed E-state index contributed by atoms with van der Waals surface area (Å²) in [5.74, 6) is 1.59. The van der Waals surface area contributed by atoms with Gasteiger partial charge in [0.2, 0.25) is 11.9 Å². The minimum absolute atomic E-state index is 0.0240. The molecule has 4 rings (SSSR count). The van der Waals surface area contributed by atoms with E-state index >= 15 is 0 Å². The Balaban J connectivity index is 1.40. The molecule has 2 aromatic rings. The molecule has 2 aliphatic heterocycles. The van der Waals surface area contributed by atoms with Crippen molar-refractivity contribution in [3.8, 4) is 5.75 Å². The van der Waals surface area contributed by atoms with Crippen LogP contribution in [0.1, 0.15) is 17.5 Å². The summed E-state index contributed by atoms with van der Waals surface area (Å²) in [7, 11) is 1.60. The molecular formula is C19H22N4O2. The van der Waals surface area contributed by atoms with Crippen molar-refractivity contribution in [1.29, 1.82) is 0 Å². The van der Waals surface area contributed by atoms with Gasteiger partial charge in [-0.1, -0.05) is 24.3 Å². The number of carbonyl (C=O) groups excluding carboxylic acids is 1. The van der Waals surface area contributed by atoms with Crippen LogP contribution in [0.4, 0.5) is 5.95 Å². The quantitative estimate of drug-likeness (QED) is 0.855. The lowest BCUT2D eigenvalue weighted by atomic mass is 9.98.